The highest BCUT2D eigenvalue weighted by Gasteiger charge is 2.18. The number of carbonyl (C=O) groups excluding carboxylic acids is 1. The Hall–Kier alpha value is -3.03. The number of benzene rings is 3. The summed E-state index contributed by atoms with van der Waals surface area (Å²) >= 11 is 5.91. The average molecular weight is 484 g/mol. The Bertz CT molecular complexity index is 1410. The van der Waals surface area contributed by atoms with E-state index < -0.39 is 10.0 Å². The number of aryl methyl sites for hydroxylation is 1. The number of amides is 1. The Morgan fingerprint density at radius 3 is 2.39 bits per heavy atom. The molecule has 1 amide bonds. The Labute approximate surface area is 198 Å². The molecule has 6 nitrogen and oxygen atoms in total. The second-order valence-electron chi connectivity index (χ2n) is 7.96. The molecule has 0 bridgehead atoms. The molecule has 0 aliphatic rings. The predicted octanol–water partition coefficient (Wildman–Crippen LogP) is 5.65. The molecule has 4 rings (SSSR count). The zero-order valence-corrected chi connectivity index (χ0v) is 20.2. The highest BCUT2D eigenvalue weighted by molar-refractivity contribution is 7.92. The first kappa shape index (κ1) is 23.1. The summed E-state index contributed by atoms with van der Waals surface area (Å²) in [5.74, 6) is -0.155. The van der Waals surface area contributed by atoms with Crippen molar-refractivity contribution in [3.05, 3.63) is 71.8 Å². The number of anilines is 2. The molecule has 0 atom stereocenters. The smallest absolute Gasteiger partial charge is 0.232 e. The van der Waals surface area contributed by atoms with E-state index in [-0.39, 0.29) is 18.9 Å². The van der Waals surface area contributed by atoms with Crippen molar-refractivity contribution in [1.29, 1.82) is 0 Å². The number of hydrogen-bond acceptors (Lipinski definition) is 3. The maximum atomic E-state index is 12.6. The van der Waals surface area contributed by atoms with Gasteiger partial charge in [-0.3, -0.25) is 9.10 Å². The van der Waals surface area contributed by atoms with Gasteiger partial charge in [0.25, 0.3) is 0 Å². The first-order valence-corrected chi connectivity index (χ1v) is 13.0. The van der Waals surface area contributed by atoms with Crippen LogP contribution in [0.5, 0.6) is 0 Å². The number of nitrogens with zero attached hydrogens (tertiary/aromatic N) is 2. The second kappa shape index (κ2) is 9.45. The van der Waals surface area contributed by atoms with Crippen molar-refractivity contribution < 1.29 is 13.2 Å². The van der Waals surface area contributed by atoms with Gasteiger partial charge >= 0.3 is 0 Å². The van der Waals surface area contributed by atoms with Crippen molar-refractivity contribution >= 4 is 60.7 Å². The maximum Gasteiger partial charge on any atom is 0.232 e. The number of hydrogen-bond donors (Lipinski definition) is 1. The summed E-state index contributed by atoms with van der Waals surface area (Å²) in [6, 6.07) is 20.8. The van der Waals surface area contributed by atoms with Gasteiger partial charge in [-0.25, -0.2) is 8.42 Å². The second-order valence-corrected chi connectivity index (χ2v) is 10.3. The zero-order chi connectivity index (χ0) is 23.6. The van der Waals surface area contributed by atoms with Crippen molar-refractivity contribution in [2.24, 2.45) is 0 Å². The fraction of sp³-hybridized carbons (Fsp3) is 0.240. The molecule has 1 aromatic heterocycles. The van der Waals surface area contributed by atoms with Crippen LogP contribution in [0.3, 0.4) is 0 Å². The summed E-state index contributed by atoms with van der Waals surface area (Å²) in [5.41, 5.74) is 3.55. The van der Waals surface area contributed by atoms with Crippen LogP contribution in [0, 0.1) is 0 Å². The molecular weight excluding hydrogens is 458 g/mol. The van der Waals surface area contributed by atoms with Crippen molar-refractivity contribution in [3.63, 3.8) is 0 Å². The SMILES string of the molecule is CCn1c2ccccc2c2cc(NC(=O)CCCN(c3ccc(Cl)cc3)S(C)(=O)=O)ccc21. The molecule has 172 valence electrons. The Morgan fingerprint density at radius 2 is 1.70 bits per heavy atom. The summed E-state index contributed by atoms with van der Waals surface area (Å²) in [5, 5.41) is 5.73. The topological polar surface area (TPSA) is 71.4 Å². The molecule has 0 spiro atoms. The number of sulfonamides is 1. The lowest BCUT2D eigenvalue weighted by Gasteiger charge is -2.22. The van der Waals surface area contributed by atoms with E-state index >= 15 is 0 Å². The van der Waals surface area contributed by atoms with Gasteiger partial charge in [-0.2, -0.15) is 0 Å². The molecular formula is C25H26ClN3O3S. The minimum Gasteiger partial charge on any atom is -0.341 e. The van der Waals surface area contributed by atoms with Crippen LogP contribution in [0.2, 0.25) is 5.02 Å². The van der Waals surface area contributed by atoms with Crippen LogP contribution < -0.4 is 9.62 Å². The lowest BCUT2D eigenvalue weighted by atomic mass is 10.1. The summed E-state index contributed by atoms with van der Waals surface area (Å²) in [7, 11) is -3.48. The summed E-state index contributed by atoms with van der Waals surface area (Å²) in [6.07, 6.45) is 1.75. The molecule has 0 saturated heterocycles. The van der Waals surface area contributed by atoms with Crippen LogP contribution in [0.25, 0.3) is 21.8 Å². The number of nitrogens with one attached hydrogen (secondary N) is 1. The molecule has 1 heterocycles. The number of rotatable bonds is 8. The molecule has 3 aromatic carbocycles. The lowest BCUT2D eigenvalue weighted by molar-refractivity contribution is -0.116. The van der Waals surface area contributed by atoms with Crippen molar-refractivity contribution in [1.82, 2.24) is 4.57 Å². The van der Waals surface area contributed by atoms with Gasteiger partial charge in [-0.15, -0.1) is 0 Å². The highest BCUT2D eigenvalue weighted by Crippen LogP contribution is 2.31. The van der Waals surface area contributed by atoms with Crippen LogP contribution >= 0.6 is 11.6 Å². The molecule has 0 saturated carbocycles. The van der Waals surface area contributed by atoms with Crippen molar-refractivity contribution in [3.8, 4) is 0 Å². The lowest BCUT2D eigenvalue weighted by Crippen LogP contribution is -2.31. The van der Waals surface area contributed by atoms with E-state index in [2.05, 4.69) is 28.9 Å². The maximum absolute atomic E-state index is 12.6. The summed E-state index contributed by atoms with van der Waals surface area (Å²) in [4.78, 5) is 12.6. The standard InChI is InChI=1S/C25H26ClN3O3S/c1-3-28-23-8-5-4-7-21(23)22-17-19(12-15-24(22)28)27-25(30)9-6-16-29(33(2,31)32)20-13-10-18(26)11-14-20/h4-5,7-8,10-15,17H,3,6,9,16H2,1-2H3,(H,27,30). The van der Waals surface area contributed by atoms with Gasteiger partial charge in [-0.1, -0.05) is 29.8 Å². The average Bonchev–Trinajstić information content (AvgIpc) is 3.10. The monoisotopic (exact) mass is 483 g/mol. The zero-order valence-electron chi connectivity index (χ0n) is 18.6. The fourth-order valence-corrected chi connectivity index (χ4v) is 5.26. The third kappa shape index (κ3) is 4.99. The minimum absolute atomic E-state index is 0.155. The van der Waals surface area contributed by atoms with Crippen LogP contribution in [0.15, 0.2) is 66.7 Å². The van der Waals surface area contributed by atoms with E-state index in [4.69, 9.17) is 11.6 Å². The van der Waals surface area contributed by atoms with Gasteiger partial charge < -0.3 is 9.88 Å². The molecule has 33 heavy (non-hydrogen) atoms. The van der Waals surface area contributed by atoms with E-state index in [1.54, 1.807) is 24.3 Å². The van der Waals surface area contributed by atoms with Crippen molar-refractivity contribution in [2.75, 3.05) is 22.4 Å². The number of fused-ring (bicyclic) bond motifs is 3. The van der Waals surface area contributed by atoms with E-state index in [9.17, 15) is 13.2 Å². The molecule has 0 aliphatic carbocycles. The third-order valence-corrected chi connectivity index (χ3v) is 7.10. The van der Waals surface area contributed by atoms with Gasteiger partial charge in [0.2, 0.25) is 15.9 Å². The third-order valence-electron chi connectivity index (χ3n) is 5.65. The molecule has 0 aliphatic heterocycles. The van der Waals surface area contributed by atoms with E-state index in [0.717, 1.165) is 34.8 Å². The summed E-state index contributed by atoms with van der Waals surface area (Å²) in [6.45, 7) is 3.18. The first-order chi connectivity index (χ1) is 15.8. The van der Waals surface area contributed by atoms with Gasteiger partial charge in [0.15, 0.2) is 0 Å². The molecule has 0 radical (unpaired) electrons. The highest BCUT2D eigenvalue weighted by atomic mass is 35.5. The molecule has 4 aromatic rings. The number of aromatic nitrogens is 1. The quantitative estimate of drug-likeness (QED) is 0.352. The number of halogens is 1. The molecule has 8 heteroatoms. The van der Waals surface area contributed by atoms with Gasteiger partial charge in [0, 0.05) is 52.0 Å². The van der Waals surface area contributed by atoms with E-state index in [0.29, 0.717) is 17.1 Å². The Balaban J connectivity index is 1.45. The normalized spacial score (nSPS) is 11.7. The largest absolute Gasteiger partial charge is 0.341 e. The molecule has 0 unspecified atom stereocenters. The van der Waals surface area contributed by atoms with Crippen LogP contribution in [-0.4, -0.2) is 31.7 Å². The van der Waals surface area contributed by atoms with Gasteiger partial charge in [0.1, 0.15) is 0 Å². The Kier molecular flexibility index (Phi) is 6.63. The molecule has 0 fully saturated rings. The van der Waals surface area contributed by atoms with E-state index in [1.807, 2.05) is 30.3 Å². The molecule has 1 N–H and O–H groups in total. The van der Waals surface area contributed by atoms with Crippen LogP contribution in [0.4, 0.5) is 11.4 Å². The van der Waals surface area contributed by atoms with Crippen LogP contribution in [-0.2, 0) is 21.4 Å². The van der Waals surface area contributed by atoms with Gasteiger partial charge in [-0.05, 0) is 61.9 Å². The minimum atomic E-state index is -3.48. The van der Waals surface area contributed by atoms with E-state index in [1.165, 1.54) is 9.82 Å². The fourth-order valence-electron chi connectivity index (χ4n) is 4.17. The predicted molar refractivity (Wildman–Crippen MR) is 137 cm³/mol. The first-order valence-electron chi connectivity index (χ1n) is 10.8. The number of para-hydroxylation sites is 1. The van der Waals surface area contributed by atoms with Gasteiger partial charge in [0.05, 0.1) is 11.9 Å². The summed E-state index contributed by atoms with van der Waals surface area (Å²) < 4.78 is 28.0. The van der Waals surface area contributed by atoms with Crippen LogP contribution in [0.1, 0.15) is 19.8 Å². The number of carbonyl (C=O) groups is 1. The van der Waals surface area contributed by atoms with Crippen molar-refractivity contribution in [2.45, 2.75) is 26.3 Å². The Morgan fingerprint density at radius 1 is 1.00 bits per heavy atom.